The Kier molecular flexibility index (Phi) is 1.31. The molecule has 0 bridgehead atoms. The molecule has 0 amide bonds. The van der Waals surface area contributed by atoms with E-state index in [9.17, 15) is 8.42 Å². The molecule has 0 aromatic rings. The van der Waals surface area contributed by atoms with Crippen molar-refractivity contribution in [2.45, 2.75) is 13.3 Å². The van der Waals surface area contributed by atoms with Crippen LogP contribution in [0.25, 0.3) is 0 Å². The number of sulfone groups is 1. The maximum atomic E-state index is 10.6. The van der Waals surface area contributed by atoms with Gasteiger partial charge in [0.25, 0.3) is 0 Å². The third-order valence-corrected chi connectivity index (χ3v) is 3.39. The van der Waals surface area contributed by atoms with Crippen LogP contribution in [0.2, 0.25) is 0 Å². The molecule has 1 fully saturated rings. The van der Waals surface area contributed by atoms with Crippen molar-refractivity contribution in [3.63, 3.8) is 0 Å². The van der Waals surface area contributed by atoms with Crippen LogP contribution in [0, 0.1) is 5.92 Å². The van der Waals surface area contributed by atoms with Crippen LogP contribution in [0.4, 0.5) is 0 Å². The van der Waals surface area contributed by atoms with Gasteiger partial charge in [0, 0.05) is 0 Å². The van der Waals surface area contributed by atoms with E-state index in [-0.39, 0.29) is 0 Å². The standard InChI is InChI=1S/C5H10O2S/c1-5-2-3-8(6,7)4-5/h5H,2-4H2,1H3/t5-/m0/s1. The van der Waals surface area contributed by atoms with Gasteiger partial charge in [-0.1, -0.05) is 6.92 Å². The SMILES string of the molecule is C[C@H]1CCS(=O)(=O)C1. The largest absolute Gasteiger partial charge is 0.229 e. The first-order valence-electron chi connectivity index (χ1n) is 2.80. The van der Waals surface area contributed by atoms with Crippen LogP contribution in [0.15, 0.2) is 0 Å². The van der Waals surface area contributed by atoms with Gasteiger partial charge in [0.1, 0.15) is 0 Å². The molecule has 0 aromatic carbocycles. The van der Waals surface area contributed by atoms with Gasteiger partial charge in [-0.2, -0.15) is 0 Å². The lowest BCUT2D eigenvalue weighted by atomic mass is 10.2. The van der Waals surface area contributed by atoms with Gasteiger partial charge in [-0.25, -0.2) is 8.42 Å². The van der Waals surface area contributed by atoms with E-state index in [2.05, 4.69) is 0 Å². The summed E-state index contributed by atoms with van der Waals surface area (Å²) in [4.78, 5) is 0. The molecule has 1 saturated heterocycles. The summed E-state index contributed by atoms with van der Waals surface area (Å²) in [7, 11) is -2.60. The quantitative estimate of drug-likeness (QED) is 0.482. The van der Waals surface area contributed by atoms with Crippen LogP contribution in [-0.2, 0) is 9.84 Å². The van der Waals surface area contributed by atoms with Crippen LogP contribution < -0.4 is 0 Å². The van der Waals surface area contributed by atoms with Gasteiger partial charge in [-0.3, -0.25) is 0 Å². The molecule has 1 aliphatic rings. The fourth-order valence-electron chi connectivity index (χ4n) is 0.981. The third-order valence-electron chi connectivity index (χ3n) is 1.46. The maximum Gasteiger partial charge on any atom is 0.150 e. The Hall–Kier alpha value is -0.0500. The van der Waals surface area contributed by atoms with Crippen molar-refractivity contribution in [2.24, 2.45) is 5.92 Å². The van der Waals surface area contributed by atoms with Gasteiger partial charge in [-0.05, 0) is 12.3 Å². The zero-order valence-electron chi connectivity index (χ0n) is 4.92. The zero-order valence-corrected chi connectivity index (χ0v) is 5.74. The molecule has 0 N–H and O–H groups in total. The van der Waals surface area contributed by atoms with Crippen molar-refractivity contribution in [3.05, 3.63) is 0 Å². The monoisotopic (exact) mass is 134 g/mol. The summed E-state index contributed by atoms with van der Waals surface area (Å²) in [5.74, 6) is 1.22. The second-order valence-electron chi connectivity index (χ2n) is 2.51. The average Bonchev–Trinajstić information content (AvgIpc) is 1.82. The molecular formula is C5H10O2S. The second-order valence-corrected chi connectivity index (χ2v) is 4.74. The Morgan fingerprint density at radius 3 is 2.25 bits per heavy atom. The summed E-state index contributed by atoms with van der Waals surface area (Å²) in [6, 6.07) is 0. The molecule has 1 heterocycles. The van der Waals surface area contributed by atoms with Crippen molar-refractivity contribution in [1.29, 1.82) is 0 Å². The van der Waals surface area contributed by atoms with Gasteiger partial charge in [-0.15, -0.1) is 0 Å². The van der Waals surface area contributed by atoms with Crippen molar-refractivity contribution in [3.8, 4) is 0 Å². The van der Waals surface area contributed by atoms with E-state index >= 15 is 0 Å². The highest BCUT2D eigenvalue weighted by atomic mass is 32.2. The van der Waals surface area contributed by atoms with E-state index in [0.29, 0.717) is 17.4 Å². The van der Waals surface area contributed by atoms with Crippen LogP contribution in [0.5, 0.6) is 0 Å². The second kappa shape index (κ2) is 1.72. The van der Waals surface area contributed by atoms with Crippen LogP contribution >= 0.6 is 0 Å². The molecule has 0 saturated carbocycles. The molecule has 48 valence electrons. The van der Waals surface area contributed by atoms with E-state index in [0.717, 1.165) is 6.42 Å². The number of rotatable bonds is 0. The molecule has 3 heteroatoms. The number of hydrogen-bond donors (Lipinski definition) is 0. The summed E-state index contributed by atoms with van der Waals surface area (Å²) in [6.07, 6.45) is 0.863. The van der Waals surface area contributed by atoms with Crippen LogP contribution in [0.1, 0.15) is 13.3 Å². The Bertz CT molecular complexity index is 169. The van der Waals surface area contributed by atoms with E-state index < -0.39 is 9.84 Å². The molecule has 1 aliphatic heterocycles. The summed E-state index contributed by atoms with van der Waals surface area (Å²) in [6.45, 7) is 1.98. The Labute approximate surface area is 49.8 Å². The zero-order chi connectivity index (χ0) is 6.20. The predicted molar refractivity (Wildman–Crippen MR) is 32.4 cm³/mol. The third kappa shape index (κ3) is 1.22. The van der Waals surface area contributed by atoms with Gasteiger partial charge in [0.2, 0.25) is 0 Å². The fraction of sp³-hybridized carbons (Fsp3) is 1.00. The normalized spacial score (nSPS) is 35.4. The first-order valence-corrected chi connectivity index (χ1v) is 4.63. The van der Waals surface area contributed by atoms with E-state index in [4.69, 9.17) is 0 Å². The Morgan fingerprint density at radius 1 is 1.50 bits per heavy atom. The highest BCUT2D eigenvalue weighted by Crippen LogP contribution is 2.16. The Morgan fingerprint density at radius 2 is 2.12 bits per heavy atom. The Balaban J connectivity index is 2.71. The minimum atomic E-state index is -2.60. The first-order chi connectivity index (χ1) is 3.60. The van der Waals surface area contributed by atoms with Gasteiger partial charge >= 0.3 is 0 Å². The van der Waals surface area contributed by atoms with E-state index in [1.54, 1.807) is 0 Å². The molecule has 0 aromatic heterocycles. The molecule has 2 nitrogen and oxygen atoms in total. The molecule has 1 atom stereocenters. The smallest absolute Gasteiger partial charge is 0.150 e. The summed E-state index contributed by atoms with van der Waals surface area (Å²) < 4.78 is 21.3. The average molecular weight is 134 g/mol. The lowest BCUT2D eigenvalue weighted by molar-refractivity contribution is 0.599. The maximum absolute atomic E-state index is 10.6. The molecular weight excluding hydrogens is 124 g/mol. The van der Waals surface area contributed by atoms with Gasteiger partial charge in [0.15, 0.2) is 9.84 Å². The fourth-order valence-corrected chi connectivity index (χ4v) is 2.94. The van der Waals surface area contributed by atoms with E-state index in [1.165, 1.54) is 0 Å². The minimum absolute atomic E-state index is 0.403. The summed E-state index contributed by atoms with van der Waals surface area (Å²) in [5, 5.41) is 0. The highest BCUT2D eigenvalue weighted by Gasteiger charge is 2.23. The molecule has 0 unspecified atom stereocenters. The van der Waals surface area contributed by atoms with Crippen molar-refractivity contribution in [2.75, 3.05) is 11.5 Å². The van der Waals surface area contributed by atoms with Crippen molar-refractivity contribution in [1.82, 2.24) is 0 Å². The molecule has 0 spiro atoms. The lowest BCUT2D eigenvalue weighted by Gasteiger charge is -1.90. The van der Waals surface area contributed by atoms with Crippen molar-refractivity contribution >= 4 is 9.84 Å². The van der Waals surface area contributed by atoms with E-state index in [1.807, 2.05) is 6.92 Å². The number of hydrogen-bond acceptors (Lipinski definition) is 2. The van der Waals surface area contributed by atoms with Gasteiger partial charge < -0.3 is 0 Å². The molecule has 0 aliphatic carbocycles. The molecule has 8 heavy (non-hydrogen) atoms. The van der Waals surface area contributed by atoms with Crippen LogP contribution in [0.3, 0.4) is 0 Å². The predicted octanol–water partition coefficient (Wildman–Crippen LogP) is 0.441. The molecule has 0 radical (unpaired) electrons. The summed E-state index contributed by atoms with van der Waals surface area (Å²) >= 11 is 0. The van der Waals surface area contributed by atoms with Crippen LogP contribution in [-0.4, -0.2) is 19.9 Å². The lowest BCUT2D eigenvalue weighted by Crippen LogP contribution is -2.01. The van der Waals surface area contributed by atoms with Crippen molar-refractivity contribution < 1.29 is 8.42 Å². The highest BCUT2D eigenvalue weighted by molar-refractivity contribution is 7.91. The molecule has 1 rings (SSSR count). The topological polar surface area (TPSA) is 34.1 Å². The minimum Gasteiger partial charge on any atom is -0.229 e. The summed E-state index contributed by atoms with van der Waals surface area (Å²) in [5.41, 5.74) is 0. The van der Waals surface area contributed by atoms with Gasteiger partial charge in [0.05, 0.1) is 11.5 Å². The first kappa shape index (κ1) is 6.08.